The highest BCUT2D eigenvalue weighted by atomic mass is 19.4. The zero-order chi connectivity index (χ0) is 11.6. The van der Waals surface area contributed by atoms with Crippen molar-refractivity contribution in [1.29, 1.82) is 0 Å². The van der Waals surface area contributed by atoms with Gasteiger partial charge in [0, 0.05) is 20.3 Å². The Balaban J connectivity index is 3.25. The molecule has 82 valence electrons. The highest BCUT2D eigenvalue weighted by Gasteiger charge is 2.37. The van der Waals surface area contributed by atoms with E-state index in [1.165, 1.54) is 14.1 Å². The largest absolute Gasteiger partial charge is 0.434 e. The van der Waals surface area contributed by atoms with Crippen LogP contribution in [-0.2, 0) is 6.18 Å². The Hall–Kier alpha value is -1.66. The number of rotatable bonds is 1. The number of hydrogen-bond donors (Lipinski definition) is 0. The molecule has 0 N–H and O–H groups in total. The van der Waals surface area contributed by atoms with Gasteiger partial charge in [-0.05, 0) is 0 Å². The molecule has 1 heterocycles. The van der Waals surface area contributed by atoms with Crippen molar-refractivity contribution in [3.8, 4) is 0 Å². The molecule has 0 unspecified atom stereocenters. The van der Waals surface area contributed by atoms with Gasteiger partial charge in [0.1, 0.15) is 6.33 Å². The molecule has 0 spiro atoms. The summed E-state index contributed by atoms with van der Waals surface area (Å²) in [6, 6.07) is 0. The minimum absolute atomic E-state index is 0.546. The Morgan fingerprint density at radius 3 is 2.47 bits per heavy atom. The smallest absolute Gasteiger partial charge is 0.345 e. The van der Waals surface area contributed by atoms with Crippen LogP contribution >= 0.6 is 0 Å². The number of carbonyl (C=O) groups excluding carboxylic acids is 1. The van der Waals surface area contributed by atoms with Gasteiger partial charge in [-0.1, -0.05) is 0 Å². The lowest BCUT2D eigenvalue weighted by molar-refractivity contribution is -0.141. The molecule has 0 saturated carbocycles. The van der Waals surface area contributed by atoms with E-state index in [0.717, 1.165) is 17.4 Å². The molecule has 1 amide bonds. The van der Waals surface area contributed by atoms with E-state index in [1.54, 1.807) is 0 Å². The van der Waals surface area contributed by atoms with E-state index < -0.39 is 23.3 Å². The van der Waals surface area contributed by atoms with Gasteiger partial charge in [-0.25, -0.2) is 9.97 Å². The van der Waals surface area contributed by atoms with Gasteiger partial charge < -0.3 is 4.90 Å². The molecule has 0 atom stereocenters. The molecular weight excluding hydrogens is 211 g/mol. The maximum Gasteiger partial charge on any atom is 0.434 e. The standard InChI is InChI=1S/C8H8F3N3O/c1-14(2)7(15)5-3-12-4-13-6(5)8(9,10)11/h3-4H,1-2H3. The van der Waals surface area contributed by atoms with E-state index in [-0.39, 0.29) is 0 Å². The van der Waals surface area contributed by atoms with E-state index in [2.05, 4.69) is 9.97 Å². The number of aromatic nitrogens is 2. The summed E-state index contributed by atoms with van der Waals surface area (Å²) >= 11 is 0. The fourth-order valence-electron chi connectivity index (χ4n) is 0.953. The van der Waals surface area contributed by atoms with Crippen LogP contribution in [0, 0.1) is 0 Å². The van der Waals surface area contributed by atoms with Crippen molar-refractivity contribution >= 4 is 5.91 Å². The van der Waals surface area contributed by atoms with E-state index in [9.17, 15) is 18.0 Å². The second kappa shape index (κ2) is 3.84. The quantitative estimate of drug-likeness (QED) is 0.712. The normalized spacial score (nSPS) is 11.3. The third kappa shape index (κ3) is 2.42. The maximum absolute atomic E-state index is 12.4. The maximum atomic E-state index is 12.4. The van der Waals surface area contributed by atoms with Crippen molar-refractivity contribution in [2.24, 2.45) is 0 Å². The zero-order valence-corrected chi connectivity index (χ0v) is 8.04. The van der Waals surface area contributed by atoms with Crippen LogP contribution in [0.2, 0.25) is 0 Å². The average molecular weight is 219 g/mol. The molecule has 4 nitrogen and oxygen atoms in total. The molecule has 7 heteroatoms. The van der Waals surface area contributed by atoms with Gasteiger partial charge in [-0.15, -0.1) is 0 Å². The van der Waals surface area contributed by atoms with Crippen molar-refractivity contribution in [1.82, 2.24) is 14.9 Å². The first kappa shape index (κ1) is 11.4. The minimum Gasteiger partial charge on any atom is -0.345 e. The van der Waals surface area contributed by atoms with Gasteiger partial charge in [0.25, 0.3) is 5.91 Å². The summed E-state index contributed by atoms with van der Waals surface area (Å²) < 4.78 is 37.2. The lowest BCUT2D eigenvalue weighted by atomic mass is 10.2. The Bertz CT molecular complexity index is 376. The molecule has 15 heavy (non-hydrogen) atoms. The van der Waals surface area contributed by atoms with Crippen molar-refractivity contribution in [3.63, 3.8) is 0 Å². The average Bonchev–Trinajstić information content (AvgIpc) is 2.15. The van der Waals surface area contributed by atoms with Gasteiger partial charge in [0.2, 0.25) is 0 Å². The molecule has 0 saturated heterocycles. The van der Waals surface area contributed by atoms with Crippen LogP contribution in [0.1, 0.15) is 16.1 Å². The predicted octanol–water partition coefficient (Wildman–Crippen LogP) is 1.20. The van der Waals surface area contributed by atoms with E-state index in [1.807, 2.05) is 0 Å². The van der Waals surface area contributed by atoms with E-state index in [4.69, 9.17) is 0 Å². The van der Waals surface area contributed by atoms with Crippen LogP contribution < -0.4 is 0 Å². The van der Waals surface area contributed by atoms with Gasteiger partial charge >= 0.3 is 6.18 Å². The van der Waals surface area contributed by atoms with Crippen LogP contribution in [0.3, 0.4) is 0 Å². The lowest BCUT2D eigenvalue weighted by Gasteiger charge is -2.13. The lowest BCUT2D eigenvalue weighted by Crippen LogP contribution is -2.26. The van der Waals surface area contributed by atoms with E-state index >= 15 is 0 Å². The molecule has 1 rings (SSSR count). The van der Waals surface area contributed by atoms with Gasteiger partial charge in [-0.3, -0.25) is 4.79 Å². The van der Waals surface area contributed by atoms with Gasteiger partial charge in [0.05, 0.1) is 5.56 Å². The fraction of sp³-hybridized carbons (Fsp3) is 0.375. The molecule has 0 fully saturated rings. The van der Waals surface area contributed by atoms with Crippen LogP contribution in [-0.4, -0.2) is 34.9 Å². The SMILES string of the molecule is CN(C)C(=O)c1cncnc1C(F)(F)F. The first-order chi connectivity index (χ1) is 6.84. The Morgan fingerprint density at radius 1 is 1.40 bits per heavy atom. The Morgan fingerprint density at radius 2 is 2.00 bits per heavy atom. The van der Waals surface area contributed by atoms with Crippen molar-refractivity contribution in [2.45, 2.75) is 6.18 Å². The number of amides is 1. The molecular formula is C8H8F3N3O. The highest BCUT2D eigenvalue weighted by molar-refractivity contribution is 5.94. The Labute approximate surface area is 83.7 Å². The second-order valence-electron chi connectivity index (χ2n) is 2.98. The highest BCUT2D eigenvalue weighted by Crippen LogP contribution is 2.29. The summed E-state index contributed by atoms with van der Waals surface area (Å²) in [4.78, 5) is 18.9. The molecule has 0 radical (unpaired) electrons. The first-order valence-corrected chi connectivity index (χ1v) is 3.93. The van der Waals surface area contributed by atoms with Crippen LogP contribution in [0.5, 0.6) is 0 Å². The molecule has 0 bridgehead atoms. The summed E-state index contributed by atoms with van der Waals surface area (Å²) in [5, 5.41) is 0. The number of hydrogen-bond acceptors (Lipinski definition) is 3. The van der Waals surface area contributed by atoms with Crippen molar-refractivity contribution in [3.05, 3.63) is 23.8 Å². The minimum atomic E-state index is -4.65. The fourth-order valence-corrected chi connectivity index (χ4v) is 0.953. The molecule has 1 aromatic rings. The summed E-state index contributed by atoms with van der Waals surface area (Å²) in [7, 11) is 2.71. The number of nitrogens with zero attached hydrogens (tertiary/aromatic N) is 3. The summed E-state index contributed by atoms with van der Waals surface area (Å²) in [5.74, 6) is -0.775. The third-order valence-corrected chi connectivity index (χ3v) is 1.62. The van der Waals surface area contributed by atoms with Gasteiger partial charge in [-0.2, -0.15) is 13.2 Å². The first-order valence-electron chi connectivity index (χ1n) is 3.93. The summed E-state index contributed by atoms with van der Waals surface area (Å²) in [6.45, 7) is 0. The monoisotopic (exact) mass is 219 g/mol. The summed E-state index contributed by atoms with van der Waals surface area (Å²) in [5.41, 5.74) is -1.76. The zero-order valence-electron chi connectivity index (χ0n) is 8.04. The van der Waals surface area contributed by atoms with Gasteiger partial charge in [0.15, 0.2) is 5.69 Å². The topological polar surface area (TPSA) is 46.1 Å². The number of carbonyl (C=O) groups is 1. The molecule has 0 aliphatic carbocycles. The molecule has 0 aliphatic rings. The van der Waals surface area contributed by atoms with E-state index in [0.29, 0.717) is 0 Å². The van der Waals surface area contributed by atoms with Crippen LogP contribution in [0.15, 0.2) is 12.5 Å². The Kier molecular flexibility index (Phi) is 2.92. The molecule has 1 aromatic heterocycles. The molecule has 0 aliphatic heterocycles. The predicted molar refractivity (Wildman–Crippen MR) is 45.1 cm³/mol. The second-order valence-corrected chi connectivity index (χ2v) is 2.98. The molecule has 0 aromatic carbocycles. The number of alkyl halides is 3. The number of halogens is 3. The van der Waals surface area contributed by atoms with Crippen LogP contribution in [0.25, 0.3) is 0 Å². The van der Waals surface area contributed by atoms with Crippen molar-refractivity contribution < 1.29 is 18.0 Å². The van der Waals surface area contributed by atoms with Crippen LogP contribution in [0.4, 0.5) is 13.2 Å². The third-order valence-electron chi connectivity index (χ3n) is 1.62. The summed E-state index contributed by atoms with van der Waals surface area (Å²) in [6.07, 6.45) is -3.03. The van der Waals surface area contributed by atoms with Crippen molar-refractivity contribution in [2.75, 3.05) is 14.1 Å².